The second-order valence-electron chi connectivity index (χ2n) is 7.38. The minimum atomic E-state index is -3.57. The van der Waals surface area contributed by atoms with Crippen LogP contribution in [0.3, 0.4) is 0 Å². The third-order valence-electron chi connectivity index (χ3n) is 5.16. The number of piperidine rings is 1. The van der Waals surface area contributed by atoms with Crippen LogP contribution in [0.5, 0.6) is 0 Å². The van der Waals surface area contributed by atoms with E-state index in [2.05, 4.69) is 5.32 Å². The van der Waals surface area contributed by atoms with E-state index in [1.807, 2.05) is 39.0 Å². The number of nitrogens with one attached hydrogen (secondary N) is 1. The molecule has 1 saturated heterocycles. The molecule has 150 valence electrons. The molecule has 0 bridgehead atoms. The van der Waals surface area contributed by atoms with E-state index in [-0.39, 0.29) is 11.8 Å². The number of hydrogen-bond acceptors (Lipinski definition) is 3. The van der Waals surface area contributed by atoms with Crippen LogP contribution in [-0.2, 0) is 14.8 Å². The number of carbonyl (C=O) groups excluding carboxylic acids is 1. The molecule has 0 saturated carbocycles. The average Bonchev–Trinajstić information content (AvgIpc) is 2.62. The lowest BCUT2D eigenvalue weighted by atomic mass is 9.97. The molecule has 1 N–H and O–H groups in total. The van der Waals surface area contributed by atoms with Crippen molar-refractivity contribution in [3.05, 3.63) is 58.1 Å². The first-order valence-corrected chi connectivity index (χ1v) is 11.2. The summed E-state index contributed by atoms with van der Waals surface area (Å²) in [6, 6.07) is 10.9. The Morgan fingerprint density at radius 2 is 1.64 bits per heavy atom. The molecule has 7 heteroatoms. The second-order valence-corrected chi connectivity index (χ2v) is 9.66. The molecule has 28 heavy (non-hydrogen) atoms. The first-order valence-electron chi connectivity index (χ1n) is 9.33. The van der Waals surface area contributed by atoms with Gasteiger partial charge in [-0.3, -0.25) is 4.79 Å². The summed E-state index contributed by atoms with van der Waals surface area (Å²) in [5, 5.41) is 3.34. The summed E-state index contributed by atoms with van der Waals surface area (Å²) in [5.74, 6) is -0.351. The van der Waals surface area contributed by atoms with Crippen molar-refractivity contribution in [2.24, 2.45) is 5.92 Å². The van der Waals surface area contributed by atoms with Gasteiger partial charge in [-0.05, 0) is 56.9 Å². The fraction of sp³-hybridized carbons (Fsp3) is 0.381. The molecule has 0 spiro atoms. The summed E-state index contributed by atoms with van der Waals surface area (Å²) in [6.45, 7) is 6.28. The van der Waals surface area contributed by atoms with Crippen LogP contribution in [0, 0.1) is 26.7 Å². The van der Waals surface area contributed by atoms with Crippen molar-refractivity contribution in [1.82, 2.24) is 4.31 Å². The van der Waals surface area contributed by atoms with E-state index in [9.17, 15) is 13.2 Å². The quantitative estimate of drug-likeness (QED) is 0.801. The number of amides is 1. The first-order chi connectivity index (χ1) is 13.2. The van der Waals surface area contributed by atoms with Crippen LogP contribution in [0.25, 0.3) is 0 Å². The van der Waals surface area contributed by atoms with Gasteiger partial charge in [-0.2, -0.15) is 4.31 Å². The molecule has 0 aliphatic carbocycles. The zero-order valence-corrected chi connectivity index (χ0v) is 17.9. The van der Waals surface area contributed by atoms with Gasteiger partial charge in [-0.25, -0.2) is 8.42 Å². The molecule has 5 nitrogen and oxygen atoms in total. The predicted molar refractivity (Wildman–Crippen MR) is 112 cm³/mol. The number of anilines is 1. The highest BCUT2D eigenvalue weighted by Crippen LogP contribution is 2.29. The largest absolute Gasteiger partial charge is 0.325 e. The lowest BCUT2D eigenvalue weighted by Crippen LogP contribution is -2.41. The summed E-state index contributed by atoms with van der Waals surface area (Å²) < 4.78 is 27.8. The predicted octanol–water partition coefficient (Wildman–Crippen LogP) is 4.30. The van der Waals surface area contributed by atoms with Gasteiger partial charge < -0.3 is 5.32 Å². The molecular weight excluding hydrogens is 396 g/mol. The van der Waals surface area contributed by atoms with E-state index in [1.165, 1.54) is 4.31 Å². The van der Waals surface area contributed by atoms with E-state index in [1.54, 1.807) is 18.2 Å². The molecule has 0 atom stereocenters. The molecule has 2 aromatic rings. The number of benzene rings is 2. The van der Waals surface area contributed by atoms with Gasteiger partial charge in [0.2, 0.25) is 15.9 Å². The molecule has 0 aromatic heterocycles. The maximum atomic E-state index is 13.2. The van der Waals surface area contributed by atoms with Crippen LogP contribution in [0.1, 0.15) is 29.5 Å². The molecule has 0 radical (unpaired) electrons. The Morgan fingerprint density at radius 3 is 2.21 bits per heavy atom. The monoisotopic (exact) mass is 420 g/mol. The minimum absolute atomic E-state index is 0.118. The lowest BCUT2D eigenvalue weighted by Gasteiger charge is -2.31. The number of hydrogen-bond donors (Lipinski definition) is 1. The van der Waals surface area contributed by atoms with Crippen LogP contribution in [0.4, 0.5) is 5.69 Å². The zero-order valence-electron chi connectivity index (χ0n) is 16.3. The third-order valence-corrected chi connectivity index (χ3v) is 7.69. The maximum Gasteiger partial charge on any atom is 0.243 e. The highest BCUT2D eigenvalue weighted by atomic mass is 35.5. The van der Waals surface area contributed by atoms with Gasteiger partial charge in [0.05, 0.1) is 15.6 Å². The number of para-hydroxylation sites is 1. The summed E-state index contributed by atoms with van der Waals surface area (Å²) in [6.07, 6.45) is 0.971. The Bertz CT molecular complexity index is 973. The van der Waals surface area contributed by atoms with Crippen molar-refractivity contribution in [2.45, 2.75) is 38.5 Å². The SMILES string of the molecule is Cc1cc(C)c(S(=O)(=O)N2CCC(C(=O)Nc3ccccc3Cl)CC2)c(C)c1. The van der Waals surface area contributed by atoms with Crippen molar-refractivity contribution in [1.29, 1.82) is 0 Å². The van der Waals surface area contributed by atoms with E-state index < -0.39 is 10.0 Å². The highest BCUT2D eigenvalue weighted by molar-refractivity contribution is 7.89. The Kier molecular flexibility index (Phi) is 6.12. The van der Waals surface area contributed by atoms with Gasteiger partial charge in [0.25, 0.3) is 0 Å². The number of carbonyl (C=O) groups is 1. The van der Waals surface area contributed by atoms with E-state index in [4.69, 9.17) is 11.6 Å². The molecule has 2 aromatic carbocycles. The van der Waals surface area contributed by atoms with Gasteiger partial charge in [0.15, 0.2) is 0 Å². The van der Waals surface area contributed by atoms with Crippen molar-refractivity contribution in [3.63, 3.8) is 0 Å². The van der Waals surface area contributed by atoms with Crippen LogP contribution in [0.15, 0.2) is 41.3 Å². The van der Waals surface area contributed by atoms with Gasteiger partial charge >= 0.3 is 0 Å². The normalized spacial score (nSPS) is 16.1. The van der Waals surface area contributed by atoms with Gasteiger partial charge in [-0.15, -0.1) is 0 Å². The summed E-state index contributed by atoms with van der Waals surface area (Å²) in [4.78, 5) is 12.9. The second kappa shape index (κ2) is 8.23. The van der Waals surface area contributed by atoms with Crippen LogP contribution in [0.2, 0.25) is 5.02 Å². The Morgan fingerprint density at radius 1 is 1.07 bits per heavy atom. The number of nitrogens with zero attached hydrogens (tertiary/aromatic N) is 1. The fourth-order valence-electron chi connectivity index (χ4n) is 3.86. The molecule has 1 aliphatic heterocycles. The molecular formula is C21H25ClN2O3S. The van der Waals surface area contributed by atoms with Gasteiger partial charge in [0, 0.05) is 19.0 Å². The fourth-order valence-corrected chi connectivity index (χ4v) is 5.92. The molecule has 1 amide bonds. The van der Waals surface area contributed by atoms with E-state index >= 15 is 0 Å². The van der Waals surface area contributed by atoms with Crippen LogP contribution in [-0.4, -0.2) is 31.7 Å². The zero-order chi connectivity index (χ0) is 20.5. The standard InChI is InChI=1S/C21H25ClN2O3S/c1-14-12-15(2)20(16(3)13-14)28(26,27)24-10-8-17(9-11-24)21(25)23-19-7-5-4-6-18(19)22/h4-7,12-13,17H,8-11H2,1-3H3,(H,23,25). The van der Waals surface area contributed by atoms with Crippen molar-refractivity contribution in [3.8, 4) is 0 Å². The highest BCUT2D eigenvalue weighted by Gasteiger charge is 2.33. The molecule has 0 unspecified atom stereocenters. The number of aryl methyl sites for hydroxylation is 3. The van der Waals surface area contributed by atoms with Crippen molar-refractivity contribution < 1.29 is 13.2 Å². The number of rotatable bonds is 4. The number of sulfonamides is 1. The Hall–Kier alpha value is -1.89. The van der Waals surface area contributed by atoms with Gasteiger partial charge in [0.1, 0.15) is 0 Å². The minimum Gasteiger partial charge on any atom is -0.325 e. The lowest BCUT2D eigenvalue weighted by molar-refractivity contribution is -0.120. The first kappa shape index (κ1) is 20.8. The smallest absolute Gasteiger partial charge is 0.243 e. The number of halogens is 1. The molecule has 1 fully saturated rings. The summed E-state index contributed by atoms with van der Waals surface area (Å²) >= 11 is 6.10. The van der Waals surface area contributed by atoms with E-state index in [0.717, 1.165) is 16.7 Å². The summed E-state index contributed by atoms with van der Waals surface area (Å²) in [5.41, 5.74) is 3.14. The maximum absolute atomic E-state index is 13.2. The van der Waals surface area contributed by atoms with Gasteiger partial charge in [-0.1, -0.05) is 41.4 Å². The Labute approximate surface area is 171 Å². The summed E-state index contributed by atoms with van der Waals surface area (Å²) in [7, 11) is -3.57. The van der Waals surface area contributed by atoms with Crippen molar-refractivity contribution >= 4 is 33.2 Å². The average molecular weight is 421 g/mol. The molecule has 1 aliphatic rings. The van der Waals surface area contributed by atoms with Crippen molar-refractivity contribution in [2.75, 3.05) is 18.4 Å². The third kappa shape index (κ3) is 4.24. The van der Waals surface area contributed by atoms with Crippen LogP contribution >= 0.6 is 11.6 Å². The van der Waals surface area contributed by atoms with E-state index in [0.29, 0.717) is 41.5 Å². The molecule has 1 heterocycles. The molecule has 3 rings (SSSR count). The van der Waals surface area contributed by atoms with Crippen LogP contribution < -0.4 is 5.32 Å². The Balaban J connectivity index is 1.70. The topological polar surface area (TPSA) is 66.5 Å².